The quantitative estimate of drug-likeness (QED) is 0.0488. The number of alkyl carbamates (subject to hydrolysis) is 2. The van der Waals surface area contributed by atoms with Crippen molar-refractivity contribution >= 4 is 41.8 Å². The van der Waals surface area contributed by atoms with Crippen LogP contribution >= 0.6 is 0 Å². The van der Waals surface area contributed by atoms with E-state index in [0.717, 1.165) is 30.4 Å². The van der Waals surface area contributed by atoms with Crippen LogP contribution < -0.4 is 37.6 Å². The standard InChI is InChI=1S/C47H73N7O11/c1-11-12-15-31-17-19-32(20-18-31)33-21-23-34(24-22-33)39(55)51-35(25-27-50-45(62)65-47(8,9)10)40(56)53-37(30(4)63-28-29(2)3)41(57)54-38(48)42(58)52-36(43(59)60)16-13-14-26-49-44(61)64-46(5,6)7/h17-24,29-30,35-38H,11-16,25-28,48H2,1-10H3,(H,49,61)(H,50,62)(H,51,55)(H,52,58)(H,53,56)(H,54,57)(H,59,60). The molecule has 0 aliphatic heterocycles. The van der Waals surface area contributed by atoms with Gasteiger partial charge in [0, 0.05) is 25.3 Å². The molecule has 2 rings (SSSR count). The summed E-state index contributed by atoms with van der Waals surface area (Å²) in [5, 5.41) is 25.0. The molecule has 65 heavy (non-hydrogen) atoms. The molecule has 5 unspecified atom stereocenters. The van der Waals surface area contributed by atoms with Crippen molar-refractivity contribution in [3.63, 3.8) is 0 Å². The number of carboxylic acids is 1. The Morgan fingerprint density at radius 2 is 1.20 bits per heavy atom. The fourth-order valence-corrected chi connectivity index (χ4v) is 6.10. The van der Waals surface area contributed by atoms with E-state index in [2.05, 4.69) is 51.0 Å². The van der Waals surface area contributed by atoms with Crippen LogP contribution in [0, 0.1) is 5.92 Å². The van der Waals surface area contributed by atoms with Crippen molar-refractivity contribution in [3.05, 3.63) is 59.7 Å². The lowest BCUT2D eigenvalue weighted by atomic mass is 10.0. The van der Waals surface area contributed by atoms with Gasteiger partial charge in [-0.05, 0) is 122 Å². The highest BCUT2D eigenvalue weighted by molar-refractivity contribution is 5.99. The number of benzene rings is 2. The van der Waals surface area contributed by atoms with E-state index in [4.69, 9.17) is 19.9 Å². The van der Waals surface area contributed by atoms with Crippen LogP contribution in [0.2, 0.25) is 0 Å². The van der Waals surface area contributed by atoms with E-state index in [9.17, 15) is 38.7 Å². The van der Waals surface area contributed by atoms with Gasteiger partial charge in [0.15, 0.2) is 6.17 Å². The van der Waals surface area contributed by atoms with Crippen molar-refractivity contribution in [1.29, 1.82) is 0 Å². The van der Waals surface area contributed by atoms with E-state index in [1.165, 1.54) is 12.5 Å². The average Bonchev–Trinajstić information content (AvgIpc) is 3.21. The predicted molar refractivity (Wildman–Crippen MR) is 247 cm³/mol. The van der Waals surface area contributed by atoms with Gasteiger partial charge in [-0.25, -0.2) is 14.4 Å². The largest absolute Gasteiger partial charge is 0.480 e. The smallest absolute Gasteiger partial charge is 0.407 e. The fraction of sp³-hybridized carbons (Fsp3) is 0.596. The second kappa shape index (κ2) is 26.9. The van der Waals surface area contributed by atoms with Crippen LogP contribution in [0.5, 0.6) is 0 Å². The number of amides is 6. The van der Waals surface area contributed by atoms with Gasteiger partial charge in [-0.2, -0.15) is 0 Å². The summed E-state index contributed by atoms with van der Waals surface area (Å²) in [5.74, 6) is -4.64. The maximum Gasteiger partial charge on any atom is 0.407 e. The van der Waals surface area contributed by atoms with Gasteiger partial charge in [0.2, 0.25) is 11.8 Å². The third kappa shape index (κ3) is 22.1. The molecule has 0 saturated carbocycles. The zero-order valence-electron chi connectivity index (χ0n) is 39.8. The Hall–Kier alpha value is -5.75. The molecule has 0 fully saturated rings. The number of nitrogens with one attached hydrogen (secondary N) is 6. The van der Waals surface area contributed by atoms with E-state index in [1.54, 1.807) is 65.8 Å². The molecule has 0 aliphatic rings. The Kier molecular flexibility index (Phi) is 22.9. The summed E-state index contributed by atoms with van der Waals surface area (Å²) >= 11 is 0. The zero-order chi connectivity index (χ0) is 48.9. The summed E-state index contributed by atoms with van der Waals surface area (Å²) in [6.45, 7) is 18.0. The molecular formula is C47H73N7O11. The zero-order valence-corrected chi connectivity index (χ0v) is 39.8. The summed E-state index contributed by atoms with van der Waals surface area (Å²) in [4.78, 5) is 91.0. The molecule has 0 saturated heterocycles. The third-order valence-electron chi connectivity index (χ3n) is 9.50. The minimum Gasteiger partial charge on any atom is -0.480 e. The van der Waals surface area contributed by atoms with Gasteiger partial charge in [-0.1, -0.05) is 63.6 Å². The van der Waals surface area contributed by atoms with Crippen LogP contribution in [0.15, 0.2) is 48.5 Å². The lowest BCUT2D eigenvalue weighted by molar-refractivity contribution is -0.142. The molecule has 2 aromatic carbocycles. The third-order valence-corrected chi connectivity index (χ3v) is 9.50. The molecule has 0 aromatic heterocycles. The fourth-order valence-electron chi connectivity index (χ4n) is 6.10. The van der Waals surface area contributed by atoms with Crippen LogP contribution in [0.3, 0.4) is 0 Å². The SMILES string of the molecule is CCCCc1ccc(-c2ccc(C(=O)NC(CCNC(=O)OC(C)(C)C)C(=O)NC(C(=O)NC(N)C(=O)NC(CCCCNC(=O)OC(C)(C)C)C(=O)O)C(C)OCC(C)C)cc2)cc1. The first-order chi connectivity index (χ1) is 30.4. The molecule has 0 radical (unpaired) electrons. The predicted octanol–water partition coefficient (Wildman–Crippen LogP) is 4.92. The monoisotopic (exact) mass is 912 g/mol. The van der Waals surface area contributed by atoms with Gasteiger partial charge in [0.1, 0.15) is 29.3 Å². The number of ether oxygens (including phenoxy) is 3. The normalized spacial score (nSPS) is 13.8. The molecule has 0 aliphatic carbocycles. The number of rotatable bonds is 25. The molecule has 0 bridgehead atoms. The maximum absolute atomic E-state index is 14.1. The lowest BCUT2D eigenvalue weighted by Gasteiger charge is -2.29. The van der Waals surface area contributed by atoms with E-state index in [0.29, 0.717) is 12.8 Å². The van der Waals surface area contributed by atoms with Gasteiger partial charge in [-0.3, -0.25) is 19.2 Å². The number of aliphatic carboxylic acids is 1. The highest BCUT2D eigenvalue weighted by Gasteiger charge is 2.34. The van der Waals surface area contributed by atoms with Crippen molar-refractivity contribution in [2.24, 2.45) is 11.7 Å². The lowest BCUT2D eigenvalue weighted by Crippen LogP contribution is -2.62. The number of carbonyl (C=O) groups is 7. The molecular weight excluding hydrogens is 839 g/mol. The molecule has 0 spiro atoms. The average molecular weight is 912 g/mol. The van der Waals surface area contributed by atoms with Crippen molar-refractivity contribution in [2.75, 3.05) is 19.7 Å². The maximum atomic E-state index is 14.1. The van der Waals surface area contributed by atoms with Crippen molar-refractivity contribution in [3.8, 4) is 11.1 Å². The molecule has 18 heteroatoms. The van der Waals surface area contributed by atoms with Crippen LogP contribution in [0.4, 0.5) is 9.59 Å². The Labute approximate surface area is 383 Å². The Morgan fingerprint density at radius 1 is 0.646 bits per heavy atom. The van der Waals surface area contributed by atoms with Gasteiger partial charge >= 0.3 is 18.2 Å². The molecule has 5 atom stereocenters. The second-order valence-corrected chi connectivity index (χ2v) is 18.3. The number of aryl methyl sites for hydroxylation is 1. The molecule has 362 valence electrons. The highest BCUT2D eigenvalue weighted by Crippen LogP contribution is 2.21. The number of carbonyl (C=O) groups excluding carboxylic acids is 6. The number of unbranched alkanes of at least 4 members (excludes halogenated alkanes) is 2. The highest BCUT2D eigenvalue weighted by atomic mass is 16.6. The molecule has 18 nitrogen and oxygen atoms in total. The molecule has 2 aromatic rings. The summed E-state index contributed by atoms with van der Waals surface area (Å²) in [6, 6.07) is 11.0. The van der Waals surface area contributed by atoms with Gasteiger partial charge in [0.25, 0.3) is 11.8 Å². The van der Waals surface area contributed by atoms with E-state index >= 15 is 0 Å². The summed E-state index contributed by atoms with van der Waals surface area (Å²) in [6.07, 6.45) is -0.327. The summed E-state index contributed by atoms with van der Waals surface area (Å²) in [5.41, 5.74) is 7.94. The van der Waals surface area contributed by atoms with Crippen LogP contribution in [-0.2, 0) is 39.8 Å². The first-order valence-electron chi connectivity index (χ1n) is 22.3. The van der Waals surface area contributed by atoms with Crippen molar-refractivity contribution in [2.45, 2.75) is 156 Å². The second-order valence-electron chi connectivity index (χ2n) is 18.3. The molecule has 6 amide bonds. The molecule has 0 heterocycles. The number of hydrogen-bond donors (Lipinski definition) is 8. The van der Waals surface area contributed by atoms with Crippen LogP contribution in [0.25, 0.3) is 11.1 Å². The topological polar surface area (TPSA) is 266 Å². The number of hydrogen-bond acceptors (Lipinski definition) is 11. The van der Waals surface area contributed by atoms with Gasteiger partial charge < -0.3 is 57.0 Å². The number of carboxylic acid groups (broad SMARTS) is 1. The van der Waals surface area contributed by atoms with E-state index in [-0.39, 0.29) is 44.0 Å². The Balaban J connectivity index is 2.24. The van der Waals surface area contributed by atoms with E-state index < -0.39 is 83.4 Å². The van der Waals surface area contributed by atoms with Gasteiger partial charge in [-0.15, -0.1) is 0 Å². The minimum absolute atomic E-state index is 0.0104. The minimum atomic E-state index is -1.75. The molecule has 9 N–H and O–H groups in total. The number of nitrogens with two attached hydrogens (primary N) is 1. The first kappa shape index (κ1) is 55.4. The summed E-state index contributed by atoms with van der Waals surface area (Å²) < 4.78 is 16.4. The van der Waals surface area contributed by atoms with Crippen LogP contribution in [-0.4, -0.2) is 108 Å². The Morgan fingerprint density at radius 3 is 1.72 bits per heavy atom. The van der Waals surface area contributed by atoms with E-state index in [1.807, 2.05) is 26.0 Å². The van der Waals surface area contributed by atoms with Crippen molar-refractivity contribution < 1.29 is 52.9 Å². The summed E-state index contributed by atoms with van der Waals surface area (Å²) in [7, 11) is 0. The van der Waals surface area contributed by atoms with Crippen LogP contribution in [0.1, 0.15) is 124 Å². The van der Waals surface area contributed by atoms with Crippen molar-refractivity contribution in [1.82, 2.24) is 31.9 Å². The Bertz CT molecular complexity index is 1860. The van der Waals surface area contributed by atoms with Gasteiger partial charge in [0.05, 0.1) is 6.10 Å². The first-order valence-corrected chi connectivity index (χ1v) is 22.3.